The maximum absolute atomic E-state index is 9.75. The van der Waals surface area contributed by atoms with Crippen LogP contribution in [-0.4, -0.2) is 28.2 Å². The average molecular weight is 226 g/mol. The third-order valence-electron chi connectivity index (χ3n) is 2.60. The van der Waals surface area contributed by atoms with Crippen molar-refractivity contribution in [2.75, 3.05) is 7.11 Å². The molecule has 1 rings (SSSR count). The summed E-state index contributed by atoms with van der Waals surface area (Å²) in [5.41, 5.74) is 1.42. The summed E-state index contributed by atoms with van der Waals surface area (Å²) in [7, 11) is 1.32. The molecule has 0 radical (unpaired) electrons. The Morgan fingerprint density at radius 2 is 2.19 bits per heavy atom. The number of hydrogen-bond acceptors (Lipinski definition) is 4. The van der Waals surface area contributed by atoms with Gasteiger partial charge in [-0.05, 0) is 19.8 Å². The SMILES string of the molecule is C=C(C)CCC1=C(O)CC(O)(OC)C=C1O. The molecule has 0 aromatic heterocycles. The van der Waals surface area contributed by atoms with Crippen LogP contribution >= 0.6 is 0 Å². The number of methoxy groups -OCH3 is 1. The average Bonchev–Trinajstić information content (AvgIpc) is 2.15. The monoisotopic (exact) mass is 226 g/mol. The van der Waals surface area contributed by atoms with Gasteiger partial charge in [-0.3, -0.25) is 0 Å². The van der Waals surface area contributed by atoms with E-state index in [4.69, 9.17) is 4.74 Å². The normalized spacial score (nSPS) is 25.6. The molecule has 1 aliphatic rings. The lowest BCUT2D eigenvalue weighted by atomic mass is 9.94. The summed E-state index contributed by atoms with van der Waals surface area (Å²) < 4.78 is 4.80. The van der Waals surface area contributed by atoms with Gasteiger partial charge >= 0.3 is 0 Å². The smallest absolute Gasteiger partial charge is 0.195 e. The summed E-state index contributed by atoms with van der Waals surface area (Å²) >= 11 is 0. The molecule has 0 aromatic carbocycles. The Balaban J connectivity index is 2.84. The Hall–Kier alpha value is -1.26. The molecule has 16 heavy (non-hydrogen) atoms. The second-order valence-electron chi connectivity index (χ2n) is 4.14. The molecule has 90 valence electrons. The van der Waals surface area contributed by atoms with E-state index in [0.29, 0.717) is 18.4 Å². The highest BCUT2D eigenvalue weighted by Gasteiger charge is 2.32. The fourth-order valence-corrected chi connectivity index (χ4v) is 1.59. The van der Waals surface area contributed by atoms with Crippen LogP contribution in [0.15, 0.2) is 35.3 Å². The molecule has 1 unspecified atom stereocenters. The number of ether oxygens (including phenoxy) is 1. The van der Waals surface area contributed by atoms with Crippen molar-refractivity contribution in [1.82, 2.24) is 0 Å². The van der Waals surface area contributed by atoms with Gasteiger partial charge in [-0.15, -0.1) is 6.58 Å². The molecule has 4 nitrogen and oxygen atoms in total. The molecule has 0 aromatic rings. The summed E-state index contributed by atoms with van der Waals surface area (Å²) in [6.07, 6.45) is 2.35. The lowest BCUT2D eigenvalue weighted by molar-refractivity contribution is -0.151. The van der Waals surface area contributed by atoms with Gasteiger partial charge in [-0.2, -0.15) is 0 Å². The lowest BCUT2D eigenvalue weighted by Crippen LogP contribution is -2.32. The van der Waals surface area contributed by atoms with Crippen molar-refractivity contribution < 1.29 is 20.1 Å². The minimum atomic E-state index is -1.61. The van der Waals surface area contributed by atoms with Crippen LogP contribution in [0.25, 0.3) is 0 Å². The molecule has 0 aliphatic heterocycles. The molecular weight excluding hydrogens is 208 g/mol. The van der Waals surface area contributed by atoms with Crippen molar-refractivity contribution in [1.29, 1.82) is 0 Å². The van der Waals surface area contributed by atoms with Crippen LogP contribution < -0.4 is 0 Å². The topological polar surface area (TPSA) is 69.9 Å². The first kappa shape index (κ1) is 12.8. The zero-order valence-electron chi connectivity index (χ0n) is 9.66. The van der Waals surface area contributed by atoms with Crippen molar-refractivity contribution in [2.45, 2.75) is 32.0 Å². The Bertz CT molecular complexity index is 354. The first-order valence-electron chi connectivity index (χ1n) is 5.13. The van der Waals surface area contributed by atoms with Crippen LogP contribution in [-0.2, 0) is 4.74 Å². The van der Waals surface area contributed by atoms with Crippen LogP contribution in [0.3, 0.4) is 0 Å². The van der Waals surface area contributed by atoms with Crippen LogP contribution in [0.5, 0.6) is 0 Å². The molecule has 0 fully saturated rings. The first-order chi connectivity index (χ1) is 7.38. The van der Waals surface area contributed by atoms with E-state index in [9.17, 15) is 15.3 Å². The van der Waals surface area contributed by atoms with Crippen molar-refractivity contribution >= 4 is 0 Å². The number of aliphatic hydroxyl groups is 3. The van der Waals surface area contributed by atoms with Gasteiger partial charge in [0.05, 0.1) is 6.42 Å². The molecule has 3 N–H and O–H groups in total. The molecule has 0 saturated heterocycles. The maximum atomic E-state index is 9.75. The van der Waals surface area contributed by atoms with Gasteiger partial charge in [0.2, 0.25) is 0 Å². The van der Waals surface area contributed by atoms with E-state index in [-0.39, 0.29) is 17.9 Å². The Kier molecular flexibility index (Phi) is 3.78. The van der Waals surface area contributed by atoms with E-state index in [1.807, 2.05) is 6.92 Å². The number of rotatable bonds is 4. The van der Waals surface area contributed by atoms with Gasteiger partial charge in [0, 0.05) is 18.8 Å². The zero-order valence-corrected chi connectivity index (χ0v) is 9.66. The minimum absolute atomic E-state index is 0.0365. The Labute approximate surface area is 95.2 Å². The summed E-state index contributed by atoms with van der Waals surface area (Å²) in [4.78, 5) is 0. The molecule has 0 spiro atoms. The Morgan fingerprint density at radius 1 is 1.56 bits per heavy atom. The predicted molar refractivity (Wildman–Crippen MR) is 61.0 cm³/mol. The fourth-order valence-electron chi connectivity index (χ4n) is 1.59. The number of hydrogen-bond donors (Lipinski definition) is 3. The van der Waals surface area contributed by atoms with Gasteiger partial charge in [0.1, 0.15) is 11.5 Å². The van der Waals surface area contributed by atoms with Crippen molar-refractivity contribution in [3.8, 4) is 0 Å². The van der Waals surface area contributed by atoms with E-state index in [2.05, 4.69) is 6.58 Å². The largest absolute Gasteiger partial charge is 0.512 e. The number of aliphatic hydroxyl groups excluding tert-OH is 2. The standard InChI is InChI=1S/C12H18O4/c1-8(2)4-5-9-10(13)6-12(15,16-3)7-11(9)14/h6,13-15H,1,4-5,7H2,2-3H3. The molecule has 1 aliphatic carbocycles. The Morgan fingerprint density at radius 3 is 2.62 bits per heavy atom. The molecular formula is C12H18O4. The highest BCUT2D eigenvalue weighted by Crippen LogP contribution is 2.32. The maximum Gasteiger partial charge on any atom is 0.195 e. The summed E-state index contributed by atoms with van der Waals surface area (Å²) in [6.45, 7) is 5.64. The highest BCUT2D eigenvalue weighted by atomic mass is 16.6. The molecule has 1 atom stereocenters. The quantitative estimate of drug-likeness (QED) is 0.508. The van der Waals surface area contributed by atoms with Crippen molar-refractivity contribution in [2.24, 2.45) is 0 Å². The van der Waals surface area contributed by atoms with E-state index >= 15 is 0 Å². The van der Waals surface area contributed by atoms with Gasteiger partial charge in [-0.25, -0.2) is 0 Å². The van der Waals surface area contributed by atoms with Gasteiger partial charge in [0.25, 0.3) is 0 Å². The van der Waals surface area contributed by atoms with Crippen LogP contribution in [0.4, 0.5) is 0 Å². The second-order valence-corrected chi connectivity index (χ2v) is 4.14. The summed E-state index contributed by atoms with van der Waals surface area (Å²) in [5, 5.41) is 29.2. The van der Waals surface area contributed by atoms with E-state index < -0.39 is 5.79 Å². The third-order valence-corrected chi connectivity index (χ3v) is 2.60. The van der Waals surface area contributed by atoms with Crippen LogP contribution in [0.1, 0.15) is 26.2 Å². The fraction of sp³-hybridized carbons (Fsp3) is 0.500. The highest BCUT2D eigenvalue weighted by molar-refractivity contribution is 5.34. The summed E-state index contributed by atoms with van der Waals surface area (Å²) in [6, 6.07) is 0. The molecule has 4 heteroatoms. The number of allylic oxidation sites excluding steroid dienone is 2. The van der Waals surface area contributed by atoms with Crippen molar-refractivity contribution in [3.05, 3.63) is 35.3 Å². The van der Waals surface area contributed by atoms with Gasteiger partial charge < -0.3 is 20.1 Å². The lowest BCUT2D eigenvalue weighted by Gasteiger charge is -2.28. The predicted octanol–water partition coefficient (Wildman–Crippen LogP) is 2.34. The molecule has 0 amide bonds. The van der Waals surface area contributed by atoms with Crippen LogP contribution in [0, 0.1) is 0 Å². The van der Waals surface area contributed by atoms with E-state index in [0.717, 1.165) is 5.57 Å². The van der Waals surface area contributed by atoms with E-state index in [1.165, 1.54) is 13.2 Å². The first-order valence-corrected chi connectivity index (χ1v) is 5.13. The third kappa shape index (κ3) is 2.87. The molecule has 0 heterocycles. The van der Waals surface area contributed by atoms with Gasteiger partial charge in [-0.1, -0.05) is 5.57 Å². The second kappa shape index (κ2) is 4.72. The van der Waals surface area contributed by atoms with E-state index in [1.54, 1.807) is 0 Å². The van der Waals surface area contributed by atoms with Crippen molar-refractivity contribution in [3.63, 3.8) is 0 Å². The minimum Gasteiger partial charge on any atom is -0.512 e. The molecule has 0 bridgehead atoms. The summed E-state index contributed by atoms with van der Waals surface area (Å²) in [5.74, 6) is -1.78. The molecule has 0 saturated carbocycles. The zero-order chi connectivity index (χ0) is 12.3. The van der Waals surface area contributed by atoms with Gasteiger partial charge in [0.15, 0.2) is 5.79 Å². The van der Waals surface area contributed by atoms with Crippen LogP contribution in [0.2, 0.25) is 0 Å².